The second-order valence-electron chi connectivity index (χ2n) is 4.90. The molecule has 5 nitrogen and oxygen atoms in total. The molecule has 0 spiro atoms. The zero-order valence-electron chi connectivity index (χ0n) is 12.1. The lowest BCUT2D eigenvalue weighted by Gasteiger charge is -2.09. The van der Waals surface area contributed by atoms with Crippen LogP contribution in [-0.2, 0) is 14.8 Å². The maximum Gasteiger partial charge on any atom is 0.240 e. The average molecular weight is 316 g/mol. The molecule has 0 aliphatic carbocycles. The highest BCUT2D eigenvalue weighted by atomic mass is 32.2. The fourth-order valence-electron chi connectivity index (χ4n) is 1.95. The fraction of sp³-hybridized carbons (Fsp3) is 0.500. The first-order valence-electron chi connectivity index (χ1n) is 6.96. The molecule has 0 saturated heterocycles. The van der Waals surface area contributed by atoms with E-state index < -0.39 is 15.8 Å². The summed E-state index contributed by atoms with van der Waals surface area (Å²) in [5.74, 6) is -0.984. The quantitative estimate of drug-likeness (QED) is 0.723. The van der Waals surface area contributed by atoms with Gasteiger partial charge in [0, 0.05) is 6.42 Å². The Bertz CT molecular complexity index is 588. The van der Waals surface area contributed by atoms with Gasteiger partial charge in [0.25, 0.3) is 0 Å². The first kappa shape index (κ1) is 17.6. The summed E-state index contributed by atoms with van der Waals surface area (Å²) >= 11 is 0. The normalized spacial score (nSPS) is 11.4. The van der Waals surface area contributed by atoms with E-state index in [1.807, 2.05) is 0 Å². The van der Waals surface area contributed by atoms with Gasteiger partial charge in [0.15, 0.2) is 0 Å². The zero-order chi connectivity index (χ0) is 15.9. The Morgan fingerprint density at radius 1 is 1.24 bits per heavy atom. The van der Waals surface area contributed by atoms with Crippen molar-refractivity contribution in [2.75, 3.05) is 5.32 Å². The maximum absolute atomic E-state index is 13.2. The Kier molecular flexibility index (Phi) is 6.77. The molecule has 1 rings (SSSR count). The number of anilines is 1. The van der Waals surface area contributed by atoms with Crippen molar-refractivity contribution in [3.8, 4) is 0 Å². The molecule has 0 radical (unpaired) electrons. The number of unbranched alkanes of at least 4 members (excludes halogenated alkanes) is 4. The first-order valence-corrected chi connectivity index (χ1v) is 8.51. The zero-order valence-corrected chi connectivity index (χ0v) is 12.9. The number of hydrogen-bond donors (Lipinski definition) is 2. The molecule has 7 heteroatoms. The Hall–Kier alpha value is -1.47. The third-order valence-corrected chi connectivity index (χ3v) is 4.00. The predicted molar refractivity (Wildman–Crippen MR) is 79.8 cm³/mol. The summed E-state index contributed by atoms with van der Waals surface area (Å²) in [6, 6.07) is 2.98. The smallest absolute Gasteiger partial charge is 0.240 e. The van der Waals surface area contributed by atoms with Gasteiger partial charge in [-0.15, -0.1) is 0 Å². The Morgan fingerprint density at radius 2 is 1.90 bits per heavy atom. The van der Waals surface area contributed by atoms with Crippen LogP contribution in [0.1, 0.15) is 45.4 Å². The number of amides is 1. The standard InChI is InChI=1S/C14H21FN2O3S/c1-2-3-4-5-6-7-14(18)17-12-10-11(15)8-9-13(12)21(16,19)20/h8-10H,2-7H2,1H3,(H,17,18)(H2,16,19,20). The minimum atomic E-state index is -4.01. The molecule has 0 saturated carbocycles. The van der Waals surface area contributed by atoms with Crippen LogP contribution in [0.4, 0.5) is 10.1 Å². The van der Waals surface area contributed by atoms with Gasteiger partial charge in [-0.25, -0.2) is 17.9 Å². The van der Waals surface area contributed by atoms with E-state index in [1.165, 1.54) is 0 Å². The number of carbonyl (C=O) groups is 1. The van der Waals surface area contributed by atoms with Gasteiger partial charge < -0.3 is 5.32 Å². The third-order valence-electron chi connectivity index (χ3n) is 3.03. The lowest BCUT2D eigenvalue weighted by Crippen LogP contribution is -2.18. The number of halogens is 1. The van der Waals surface area contributed by atoms with Crippen LogP contribution in [0.25, 0.3) is 0 Å². The molecule has 1 aromatic rings. The van der Waals surface area contributed by atoms with Crippen molar-refractivity contribution in [1.82, 2.24) is 0 Å². The van der Waals surface area contributed by atoms with Crippen LogP contribution in [0.2, 0.25) is 0 Å². The summed E-state index contributed by atoms with van der Waals surface area (Å²) in [5, 5.41) is 7.45. The Balaban J connectivity index is 2.65. The molecule has 0 unspecified atom stereocenters. The van der Waals surface area contributed by atoms with Gasteiger partial charge in [-0.05, 0) is 24.6 Å². The van der Waals surface area contributed by atoms with E-state index in [4.69, 9.17) is 5.14 Å². The predicted octanol–water partition coefficient (Wildman–Crippen LogP) is 2.77. The van der Waals surface area contributed by atoms with E-state index in [0.717, 1.165) is 43.9 Å². The van der Waals surface area contributed by atoms with E-state index in [9.17, 15) is 17.6 Å². The van der Waals surface area contributed by atoms with Crippen molar-refractivity contribution >= 4 is 21.6 Å². The summed E-state index contributed by atoms with van der Waals surface area (Å²) in [7, 11) is -4.01. The second kappa shape index (κ2) is 8.09. The van der Waals surface area contributed by atoms with Crippen molar-refractivity contribution in [1.29, 1.82) is 0 Å². The number of benzene rings is 1. The van der Waals surface area contributed by atoms with Crippen molar-refractivity contribution in [2.24, 2.45) is 5.14 Å². The van der Waals surface area contributed by atoms with Gasteiger partial charge in [0.1, 0.15) is 10.7 Å². The minimum Gasteiger partial charge on any atom is -0.325 e. The van der Waals surface area contributed by atoms with Crippen LogP contribution in [-0.4, -0.2) is 14.3 Å². The molecule has 1 amide bonds. The molecule has 0 aliphatic heterocycles. The van der Waals surface area contributed by atoms with E-state index in [2.05, 4.69) is 12.2 Å². The second-order valence-corrected chi connectivity index (χ2v) is 6.43. The molecule has 0 aromatic heterocycles. The number of nitrogens with one attached hydrogen (secondary N) is 1. The molecule has 3 N–H and O–H groups in total. The molecule has 0 heterocycles. The molecule has 0 fully saturated rings. The van der Waals surface area contributed by atoms with E-state index in [0.29, 0.717) is 6.42 Å². The van der Waals surface area contributed by atoms with Crippen LogP contribution in [0.15, 0.2) is 23.1 Å². The van der Waals surface area contributed by atoms with Crippen LogP contribution in [0.5, 0.6) is 0 Å². The number of carbonyl (C=O) groups excluding carboxylic acids is 1. The van der Waals surface area contributed by atoms with Gasteiger partial charge in [-0.1, -0.05) is 32.6 Å². The lowest BCUT2D eigenvalue weighted by molar-refractivity contribution is -0.116. The van der Waals surface area contributed by atoms with Crippen molar-refractivity contribution in [3.63, 3.8) is 0 Å². The molecule has 118 valence electrons. The van der Waals surface area contributed by atoms with Crippen LogP contribution in [0, 0.1) is 5.82 Å². The number of rotatable bonds is 8. The topological polar surface area (TPSA) is 89.3 Å². The molecular weight excluding hydrogens is 295 g/mol. The maximum atomic E-state index is 13.2. The van der Waals surface area contributed by atoms with Crippen molar-refractivity contribution in [2.45, 2.75) is 50.3 Å². The monoisotopic (exact) mass is 316 g/mol. The molecular formula is C14H21FN2O3S. The number of hydrogen-bond acceptors (Lipinski definition) is 3. The van der Waals surface area contributed by atoms with Crippen molar-refractivity contribution < 1.29 is 17.6 Å². The van der Waals surface area contributed by atoms with Crippen LogP contribution >= 0.6 is 0 Å². The largest absolute Gasteiger partial charge is 0.325 e. The van der Waals surface area contributed by atoms with E-state index in [1.54, 1.807) is 0 Å². The molecule has 0 atom stereocenters. The number of sulfonamides is 1. The SMILES string of the molecule is CCCCCCCC(=O)Nc1cc(F)ccc1S(N)(=O)=O. The summed E-state index contributed by atoms with van der Waals surface area (Å²) < 4.78 is 36.0. The summed E-state index contributed by atoms with van der Waals surface area (Å²) in [5.41, 5.74) is -0.115. The molecule has 0 bridgehead atoms. The van der Waals surface area contributed by atoms with Crippen LogP contribution in [0.3, 0.4) is 0 Å². The third kappa shape index (κ3) is 6.22. The molecule has 0 aliphatic rings. The van der Waals surface area contributed by atoms with Gasteiger partial charge in [-0.3, -0.25) is 4.79 Å². The minimum absolute atomic E-state index is 0.115. The first-order chi connectivity index (χ1) is 9.84. The van der Waals surface area contributed by atoms with Crippen molar-refractivity contribution in [3.05, 3.63) is 24.0 Å². The average Bonchev–Trinajstić information content (AvgIpc) is 2.37. The number of primary sulfonamides is 1. The highest BCUT2D eigenvalue weighted by Crippen LogP contribution is 2.21. The molecule has 21 heavy (non-hydrogen) atoms. The Morgan fingerprint density at radius 3 is 2.52 bits per heavy atom. The van der Waals surface area contributed by atoms with Crippen LogP contribution < -0.4 is 10.5 Å². The Labute approximate surface area is 124 Å². The molecule has 1 aromatic carbocycles. The summed E-state index contributed by atoms with van der Waals surface area (Å²) in [6.45, 7) is 2.10. The number of nitrogens with two attached hydrogens (primary N) is 1. The highest BCUT2D eigenvalue weighted by Gasteiger charge is 2.16. The van der Waals surface area contributed by atoms with Gasteiger partial charge in [0.2, 0.25) is 15.9 Å². The summed E-state index contributed by atoms with van der Waals surface area (Å²) in [6.07, 6.45) is 5.23. The lowest BCUT2D eigenvalue weighted by atomic mass is 10.1. The highest BCUT2D eigenvalue weighted by molar-refractivity contribution is 7.89. The van der Waals surface area contributed by atoms with Gasteiger partial charge in [0.05, 0.1) is 5.69 Å². The van der Waals surface area contributed by atoms with Gasteiger partial charge in [-0.2, -0.15) is 0 Å². The van der Waals surface area contributed by atoms with E-state index >= 15 is 0 Å². The fourth-order valence-corrected chi connectivity index (χ4v) is 2.62. The van der Waals surface area contributed by atoms with Gasteiger partial charge >= 0.3 is 0 Å². The summed E-state index contributed by atoms with van der Waals surface area (Å²) in [4.78, 5) is 11.5. The van der Waals surface area contributed by atoms with E-state index in [-0.39, 0.29) is 22.9 Å².